The monoisotopic (exact) mass is 481 g/mol. The zero-order valence-electron chi connectivity index (χ0n) is 19.0. The molecule has 0 bridgehead atoms. The fraction of sp³-hybridized carbons (Fsp3) is 0.107. The maximum Gasteiger partial charge on any atom is 0.312 e. The summed E-state index contributed by atoms with van der Waals surface area (Å²) in [6, 6.07) is 16.4. The van der Waals surface area contributed by atoms with Crippen molar-refractivity contribution in [3.05, 3.63) is 98.6 Å². The van der Waals surface area contributed by atoms with Gasteiger partial charge in [-0.1, -0.05) is 30.3 Å². The van der Waals surface area contributed by atoms with Gasteiger partial charge in [-0.3, -0.25) is 14.4 Å². The van der Waals surface area contributed by atoms with Gasteiger partial charge in [-0.15, -0.1) is 0 Å². The Morgan fingerprint density at radius 3 is 2.50 bits per heavy atom. The lowest BCUT2D eigenvalue weighted by atomic mass is 9.85. The summed E-state index contributed by atoms with van der Waals surface area (Å²) < 4.78 is 12.8. The molecule has 2 aromatic heterocycles. The summed E-state index contributed by atoms with van der Waals surface area (Å²) in [7, 11) is 1.66. The summed E-state index contributed by atoms with van der Waals surface area (Å²) in [4.78, 5) is 39.4. The average molecular weight is 481 g/mol. The number of hydrogen-bond acceptors (Lipinski definition) is 7. The first-order valence-electron chi connectivity index (χ1n) is 11.2. The van der Waals surface area contributed by atoms with E-state index in [9.17, 15) is 24.6 Å². The van der Waals surface area contributed by atoms with Crippen molar-refractivity contribution in [1.29, 1.82) is 0 Å². The number of benzene rings is 3. The lowest BCUT2D eigenvalue weighted by Gasteiger charge is -2.26. The molecule has 3 aromatic carbocycles. The zero-order valence-corrected chi connectivity index (χ0v) is 19.0. The van der Waals surface area contributed by atoms with Crippen LogP contribution in [0.2, 0.25) is 0 Å². The molecular formula is C28H19NO7. The van der Waals surface area contributed by atoms with Gasteiger partial charge in [0.2, 0.25) is 5.43 Å². The van der Waals surface area contributed by atoms with Crippen molar-refractivity contribution < 1.29 is 24.2 Å². The fourth-order valence-corrected chi connectivity index (χ4v) is 4.93. The molecule has 1 atom stereocenters. The smallest absolute Gasteiger partial charge is 0.312 e. The molecule has 178 valence electrons. The molecule has 0 aliphatic carbocycles. The Kier molecular flexibility index (Phi) is 4.72. The van der Waals surface area contributed by atoms with E-state index in [1.807, 2.05) is 24.3 Å². The number of hydrogen-bond donors (Lipinski definition) is 2. The fourth-order valence-electron chi connectivity index (χ4n) is 4.93. The number of esters is 1. The number of aromatic nitrogens is 1. The van der Waals surface area contributed by atoms with Crippen molar-refractivity contribution in [1.82, 2.24) is 4.57 Å². The van der Waals surface area contributed by atoms with Crippen molar-refractivity contribution in [2.75, 3.05) is 0 Å². The van der Waals surface area contributed by atoms with Crippen LogP contribution in [0.4, 0.5) is 0 Å². The lowest BCUT2D eigenvalue weighted by molar-refractivity contribution is -0.135. The molecule has 0 amide bonds. The van der Waals surface area contributed by atoms with E-state index in [1.165, 1.54) is 29.0 Å². The van der Waals surface area contributed by atoms with Gasteiger partial charge >= 0.3 is 5.97 Å². The average Bonchev–Trinajstić information content (AvgIpc) is 2.86. The summed E-state index contributed by atoms with van der Waals surface area (Å²) >= 11 is 0. The van der Waals surface area contributed by atoms with E-state index in [0.717, 1.165) is 10.9 Å². The molecule has 0 fully saturated rings. The van der Waals surface area contributed by atoms with Crippen LogP contribution in [-0.2, 0) is 11.8 Å². The predicted molar refractivity (Wildman–Crippen MR) is 133 cm³/mol. The topological polar surface area (TPSA) is 119 Å². The van der Waals surface area contributed by atoms with Gasteiger partial charge in [0.05, 0.1) is 17.5 Å². The summed E-state index contributed by atoms with van der Waals surface area (Å²) in [5.41, 5.74) is 1.38. The second-order valence-corrected chi connectivity index (χ2v) is 8.79. The van der Waals surface area contributed by atoms with Crippen LogP contribution in [0.5, 0.6) is 17.2 Å². The standard InChI is InChI=1S/C28H19NO7/c1-29-20-5-3-2-4-15(20)10-18(28(29)34)17-11-23(32)36-22-12-21(31)25-26(33)19(13-35-27(25)24(17)22)14-6-8-16(30)9-7-14/h2-10,12-13,17,30-31H,11H2,1H3/t17-/m1/s1. The molecule has 36 heavy (non-hydrogen) atoms. The maximum atomic E-state index is 13.5. The highest BCUT2D eigenvalue weighted by atomic mass is 16.5. The number of nitrogens with zero attached hydrogens (tertiary/aromatic N) is 1. The second-order valence-electron chi connectivity index (χ2n) is 8.79. The summed E-state index contributed by atoms with van der Waals surface area (Å²) in [5.74, 6) is -1.64. The van der Waals surface area contributed by atoms with Gasteiger partial charge in [-0.05, 0) is 35.2 Å². The van der Waals surface area contributed by atoms with Crippen molar-refractivity contribution in [3.8, 4) is 28.4 Å². The Morgan fingerprint density at radius 1 is 0.972 bits per heavy atom. The third-order valence-corrected chi connectivity index (χ3v) is 6.68. The van der Waals surface area contributed by atoms with E-state index >= 15 is 0 Å². The highest BCUT2D eigenvalue weighted by molar-refractivity contribution is 5.94. The molecule has 0 unspecified atom stereocenters. The Morgan fingerprint density at radius 2 is 1.72 bits per heavy atom. The highest BCUT2D eigenvalue weighted by Gasteiger charge is 2.35. The van der Waals surface area contributed by atoms with E-state index < -0.39 is 23.1 Å². The normalized spacial score (nSPS) is 15.1. The molecule has 8 nitrogen and oxygen atoms in total. The first-order chi connectivity index (χ1) is 17.3. The van der Waals surface area contributed by atoms with Gasteiger partial charge in [-0.25, -0.2) is 0 Å². The van der Waals surface area contributed by atoms with Crippen molar-refractivity contribution >= 4 is 27.8 Å². The summed E-state index contributed by atoms with van der Waals surface area (Å²) in [6.07, 6.45) is 1.13. The molecule has 1 aliphatic heterocycles. The number of phenols is 2. The number of carbonyl (C=O) groups excluding carboxylic acids is 1. The predicted octanol–water partition coefficient (Wildman–Crippen LogP) is 4.16. The van der Waals surface area contributed by atoms with Crippen LogP contribution in [0.25, 0.3) is 33.0 Å². The molecule has 3 heterocycles. The van der Waals surface area contributed by atoms with Crippen LogP contribution in [0.15, 0.2) is 80.9 Å². The molecule has 0 saturated carbocycles. The first kappa shape index (κ1) is 21.7. The molecular weight excluding hydrogens is 462 g/mol. The summed E-state index contributed by atoms with van der Waals surface area (Å²) in [6.45, 7) is 0. The number of para-hydroxylation sites is 1. The van der Waals surface area contributed by atoms with E-state index in [1.54, 1.807) is 25.2 Å². The number of pyridine rings is 1. The number of rotatable bonds is 2. The van der Waals surface area contributed by atoms with Crippen LogP contribution >= 0.6 is 0 Å². The van der Waals surface area contributed by atoms with Gasteiger partial charge in [0.25, 0.3) is 5.56 Å². The Balaban J connectivity index is 1.64. The van der Waals surface area contributed by atoms with Crippen LogP contribution in [0.3, 0.4) is 0 Å². The number of phenolic OH excluding ortho intramolecular Hbond substituents is 2. The largest absolute Gasteiger partial charge is 0.508 e. The Hall–Kier alpha value is -4.85. The van der Waals surface area contributed by atoms with Crippen molar-refractivity contribution in [2.45, 2.75) is 12.3 Å². The van der Waals surface area contributed by atoms with E-state index in [4.69, 9.17) is 9.15 Å². The molecule has 2 N–H and O–H groups in total. The van der Waals surface area contributed by atoms with E-state index in [2.05, 4.69) is 0 Å². The Labute approximate surface area is 203 Å². The number of aryl methyl sites for hydroxylation is 1. The quantitative estimate of drug-likeness (QED) is 0.287. The van der Waals surface area contributed by atoms with Gasteiger partial charge in [0.15, 0.2) is 0 Å². The van der Waals surface area contributed by atoms with Gasteiger partial charge in [0, 0.05) is 30.2 Å². The zero-order chi connectivity index (χ0) is 25.1. The van der Waals surface area contributed by atoms with Crippen molar-refractivity contribution in [3.63, 3.8) is 0 Å². The SMILES string of the molecule is Cn1c(=O)c([C@H]2CC(=O)Oc3cc(O)c4c(=O)c(-c5ccc(O)cc5)coc4c32)cc2ccccc21. The summed E-state index contributed by atoms with van der Waals surface area (Å²) in [5, 5.41) is 21.1. The minimum absolute atomic E-state index is 0.0389. The molecule has 0 spiro atoms. The number of fused-ring (bicyclic) bond motifs is 4. The molecule has 0 radical (unpaired) electrons. The van der Waals surface area contributed by atoms with Crippen molar-refractivity contribution in [2.24, 2.45) is 7.05 Å². The Bertz CT molecular complexity index is 1830. The minimum atomic E-state index is -0.754. The third kappa shape index (κ3) is 3.19. The number of carbonyl (C=O) groups is 1. The molecule has 8 heteroatoms. The number of ether oxygens (including phenoxy) is 1. The molecule has 5 aromatic rings. The van der Waals surface area contributed by atoms with Gasteiger partial charge < -0.3 is 23.9 Å². The van der Waals surface area contributed by atoms with Crippen LogP contribution in [-0.4, -0.2) is 20.7 Å². The van der Waals surface area contributed by atoms with E-state index in [-0.39, 0.29) is 40.0 Å². The molecule has 6 rings (SSSR count). The van der Waals surface area contributed by atoms with Crippen LogP contribution in [0, 0.1) is 0 Å². The minimum Gasteiger partial charge on any atom is -0.508 e. The van der Waals surface area contributed by atoms with Gasteiger partial charge in [0.1, 0.15) is 34.5 Å². The lowest BCUT2D eigenvalue weighted by Crippen LogP contribution is -2.29. The maximum absolute atomic E-state index is 13.5. The second kappa shape index (κ2) is 7.84. The third-order valence-electron chi connectivity index (χ3n) is 6.68. The van der Waals surface area contributed by atoms with Crippen LogP contribution < -0.4 is 15.7 Å². The molecule has 0 saturated heterocycles. The molecule has 1 aliphatic rings. The number of aromatic hydroxyl groups is 2. The van der Waals surface area contributed by atoms with E-state index in [0.29, 0.717) is 16.7 Å². The van der Waals surface area contributed by atoms with Gasteiger partial charge in [-0.2, -0.15) is 0 Å². The first-order valence-corrected chi connectivity index (χ1v) is 11.2. The highest BCUT2D eigenvalue weighted by Crippen LogP contribution is 2.45. The van der Waals surface area contributed by atoms with Crippen LogP contribution in [0.1, 0.15) is 23.5 Å².